The molecule has 2 N–H and O–H groups in total. The number of aliphatic hydroxyl groups excluding tert-OH is 1. The Morgan fingerprint density at radius 2 is 1.57 bits per heavy atom. The Balaban J connectivity index is 1.70. The van der Waals surface area contributed by atoms with E-state index in [4.69, 9.17) is 4.74 Å². The van der Waals surface area contributed by atoms with Crippen LogP contribution in [-0.2, 0) is 0 Å². The Bertz CT molecular complexity index is 677. The van der Waals surface area contributed by atoms with E-state index in [0.29, 0.717) is 5.92 Å². The maximum Gasteiger partial charge on any atom is 0.119 e. The van der Waals surface area contributed by atoms with Gasteiger partial charge in [-0.1, -0.05) is 56.3 Å². The average Bonchev–Trinajstić information content (AvgIpc) is 2.73. The second kappa shape index (κ2) is 10.6. The predicted octanol–water partition coefficient (Wildman–Crippen LogP) is 4.00. The predicted molar refractivity (Wildman–Crippen MR) is 115 cm³/mol. The van der Waals surface area contributed by atoms with Gasteiger partial charge in [0.15, 0.2) is 0 Å². The van der Waals surface area contributed by atoms with E-state index in [1.165, 1.54) is 37.9 Å². The molecule has 3 nitrogen and oxygen atoms in total. The third kappa shape index (κ3) is 6.08. The third-order valence-electron chi connectivity index (χ3n) is 5.86. The number of ether oxygens (including phenoxy) is 1. The maximum absolute atomic E-state index is 11.2. The summed E-state index contributed by atoms with van der Waals surface area (Å²) in [7, 11) is 0. The van der Waals surface area contributed by atoms with Crippen molar-refractivity contribution in [1.82, 2.24) is 0 Å². The fourth-order valence-electron chi connectivity index (χ4n) is 4.08. The smallest absolute Gasteiger partial charge is 0.119 e. The first-order valence-electron chi connectivity index (χ1n) is 10.9. The molecule has 152 valence electrons. The molecule has 0 aromatic heterocycles. The van der Waals surface area contributed by atoms with Gasteiger partial charge >= 0.3 is 0 Å². The summed E-state index contributed by atoms with van der Waals surface area (Å²) in [5.41, 5.74) is 2.20. The molecule has 0 saturated carbocycles. The molecule has 0 unspecified atom stereocenters. The van der Waals surface area contributed by atoms with Gasteiger partial charge in [0.25, 0.3) is 0 Å². The molecular weight excluding hydrogens is 346 g/mol. The lowest BCUT2D eigenvalue weighted by Gasteiger charge is -2.30. The van der Waals surface area contributed by atoms with Crippen LogP contribution in [0.4, 0.5) is 0 Å². The van der Waals surface area contributed by atoms with Crippen LogP contribution < -0.4 is 9.64 Å². The zero-order chi connectivity index (χ0) is 19.8. The highest BCUT2D eigenvalue weighted by Crippen LogP contribution is 2.31. The van der Waals surface area contributed by atoms with Crippen LogP contribution in [0.5, 0.6) is 5.75 Å². The number of piperidine rings is 1. The maximum atomic E-state index is 11.2. The lowest BCUT2D eigenvalue weighted by atomic mass is 9.88. The Morgan fingerprint density at radius 1 is 0.893 bits per heavy atom. The number of hydrogen-bond donors (Lipinski definition) is 2. The number of rotatable bonds is 9. The van der Waals surface area contributed by atoms with Gasteiger partial charge < -0.3 is 14.7 Å². The second-order valence-corrected chi connectivity index (χ2v) is 8.58. The van der Waals surface area contributed by atoms with Crippen molar-refractivity contribution in [1.29, 1.82) is 0 Å². The molecule has 2 aromatic rings. The van der Waals surface area contributed by atoms with Gasteiger partial charge in [-0.2, -0.15) is 0 Å². The van der Waals surface area contributed by atoms with Crippen molar-refractivity contribution in [3.8, 4) is 5.75 Å². The van der Waals surface area contributed by atoms with E-state index in [-0.39, 0.29) is 5.92 Å². The van der Waals surface area contributed by atoms with Crippen LogP contribution in [0.25, 0.3) is 0 Å². The lowest BCUT2D eigenvalue weighted by Crippen LogP contribution is -3.13. The molecule has 2 aromatic carbocycles. The molecular formula is C25H36NO2+. The van der Waals surface area contributed by atoms with Crippen molar-refractivity contribution in [3.05, 3.63) is 65.7 Å². The second-order valence-electron chi connectivity index (χ2n) is 8.58. The van der Waals surface area contributed by atoms with Crippen LogP contribution in [-0.4, -0.2) is 31.3 Å². The van der Waals surface area contributed by atoms with Crippen molar-refractivity contribution < 1.29 is 14.7 Å². The highest BCUT2D eigenvalue weighted by atomic mass is 16.5. The minimum Gasteiger partial charge on any atom is -0.494 e. The average molecular weight is 383 g/mol. The van der Waals surface area contributed by atoms with Crippen LogP contribution >= 0.6 is 0 Å². The first-order chi connectivity index (χ1) is 13.6. The summed E-state index contributed by atoms with van der Waals surface area (Å²) in [5.74, 6) is 1.64. The first-order valence-corrected chi connectivity index (χ1v) is 10.9. The molecule has 2 atom stereocenters. The Hall–Kier alpha value is -1.84. The van der Waals surface area contributed by atoms with Gasteiger partial charge in [0.2, 0.25) is 0 Å². The van der Waals surface area contributed by atoms with Gasteiger partial charge in [0.05, 0.1) is 38.3 Å². The first kappa shape index (κ1) is 20.9. The normalized spacial score (nSPS) is 17.4. The Labute approximate surface area is 170 Å². The van der Waals surface area contributed by atoms with Gasteiger partial charge in [0.1, 0.15) is 5.75 Å². The summed E-state index contributed by atoms with van der Waals surface area (Å²) in [6.45, 7) is 8.58. The fraction of sp³-hybridized carbons (Fsp3) is 0.520. The molecule has 1 aliphatic heterocycles. The molecule has 0 amide bonds. The summed E-state index contributed by atoms with van der Waals surface area (Å²) in [5, 5.41) is 11.2. The van der Waals surface area contributed by atoms with E-state index in [1.54, 1.807) is 4.90 Å². The van der Waals surface area contributed by atoms with E-state index in [9.17, 15) is 5.11 Å². The van der Waals surface area contributed by atoms with E-state index < -0.39 is 6.10 Å². The van der Waals surface area contributed by atoms with Crippen LogP contribution in [0, 0.1) is 5.92 Å². The van der Waals surface area contributed by atoms with Crippen LogP contribution in [0.2, 0.25) is 0 Å². The van der Waals surface area contributed by atoms with E-state index in [2.05, 4.69) is 38.1 Å². The van der Waals surface area contributed by atoms with Crippen molar-refractivity contribution in [2.24, 2.45) is 5.92 Å². The molecule has 0 bridgehead atoms. The monoisotopic (exact) mass is 382 g/mol. The highest BCUT2D eigenvalue weighted by Gasteiger charge is 2.28. The number of likely N-dealkylation sites (tertiary alicyclic amines) is 1. The van der Waals surface area contributed by atoms with Crippen molar-refractivity contribution in [2.75, 3.05) is 26.2 Å². The van der Waals surface area contributed by atoms with E-state index >= 15 is 0 Å². The highest BCUT2D eigenvalue weighted by molar-refractivity contribution is 5.31. The van der Waals surface area contributed by atoms with Crippen molar-refractivity contribution >= 4 is 0 Å². The summed E-state index contributed by atoms with van der Waals surface area (Å²) < 4.78 is 5.83. The van der Waals surface area contributed by atoms with Gasteiger partial charge in [-0.25, -0.2) is 0 Å². The van der Waals surface area contributed by atoms with E-state index in [0.717, 1.165) is 30.9 Å². The van der Waals surface area contributed by atoms with Crippen LogP contribution in [0.1, 0.15) is 62.7 Å². The van der Waals surface area contributed by atoms with Gasteiger partial charge in [-0.3, -0.25) is 0 Å². The Kier molecular flexibility index (Phi) is 7.93. The van der Waals surface area contributed by atoms with Gasteiger partial charge in [-0.15, -0.1) is 0 Å². The molecule has 1 fully saturated rings. The minimum atomic E-state index is -0.499. The minimum absolute atomic E-state index is 0.113. The molecule has 3 rings (SSSR count). The molecule has 1 heterocycles. The summed E-state index contributed by atoms with van der Waals surface area (Å²) in [6.07, 6.45) is 4.51. The summed E-state index contributed by atoms with van der Waals surface area (Å²) in [4.78, 5) is 1.62. The van der Waals surface area contributed by atoms with E-state index in [1.807, 2.05) is 30.3 Å². The van der Waals surface area contributed by atoms with Crippen molar-refractivity contribution in [2.45, 2.75) is 51.6 Å². The van der Waals surface area contributed by atoms with Gasteiger partial charge in [0, 0.05) is 0 Å². The third-order valence-corrected chi connectivity index (χ3v) is 5.86. The molecule has 0 aliphatic carbocycles. The zero-order valence-corrected chi connectivity index (χ0v) is 17.4. The Morgan fingerprint density at radius 3 is 2.21 bits per heavy atom. The topological polar surface area (TPSA) is 33.9 Å². The largest absolute Gasteiger partial charge is 0.494 e. The zero-order valence-electron chi connectivity index (χ0n) is 17.4. The van der Waals surface area contributed by atoms with Gasteiger partial charge in [-0.05, 0) is 54.9 Å². The number of aliphatic hydroxyl groups is 1. The molecule has 28 heavy (non-hydrogen) atoms. The molecule has 0 spiro atoms. The quantitative estimate of drug-likeness (QED) is 0.687. The summed E-state index contributed by atoms with van der Waals surface area (Å²) in [6, 6.07) is 18.5. The van der Waals surface area contributed by atoms with Crippen molar-refractivity contribution in [3.63, 3.8) is 0 Å². The number of nitrogens with one attached hydrogen (secondary N) is 1. The molecule has 0 radical (unpaired) electrons. The lowest BCUT2D eigenvalue weighted by molar-refractivity contribution is -0.906. The number of hydrogen-bond acceptors (Lipinski definition) is 2. The number of benzene rings is 2. The molecule has 1 aliphatic rings. The SMILES string of the molecule is CC(C)CCOc1ccc([C@H](O)[C@H](C[NH+]2CCCCC2)c2ccccc2)cc1. The number of quaternary nitrogens is 1. The van der Waals surface area contributed by atoms with Crippen LogP contribution in [0.3, 0.4) is 0 Å². The standard InChI is InChI=1S/C25H35NO2/c1-20(2)15-18-28-23-13-11-22(12-14-23)25(27)24(21-9-5-3-6-10-21)19-26-16-7-4-8-17-26/h3,5-6,9-14,20,24-25,27H,4,7-8,15-19H2,1-2H3/p+1/t24-,25+/m1/s1. The molecule has 1 saturated heterocycles. The van der Waals surface area contributed by atoms with Crippen LogP contribution in [0.15, 0.2) is 54.6 Å². The molecule has 3 heteroatoms. The summed E-state index contributed by atoms with van der Waals surface area (Å²) >= 11 is 0. The fourth-order valence-corrected chi connectivity index (χ4v) is 4.08.